The maximum Gasteiger partial charge on any atom is 0.151 e. The smallest absolute Gasteiger partial charge is 0.151 e. The van der Waals surface area contributed by atoms with Crippen LogP contribution in [0.1, 0.15) is 51.1 Å². The molecule has 2 aromatic heterocycles. The van der Waals surface area contributed by atoms with Crippen molar-refractivity contribution in [1.29, 1.82) is 0 Å². The van der Waals surface area contributed by atoms with Gasteiger partial charge in [-0.3, -0.25) is 4.90 Å². The number of hydrogen-bond acceptors (Lipinski definition) is 10. The van der Waals surface area contributed by atoms with Crippen LogP contribution in [0.25, 0.3) is 22.2 Å². The first-order chi connectivity index (χ1) is 21.0. The summed E-state index contributed by atoms with van der Waals surface area (Å²) < 4.78 is 11.6. The first-order valence-corrected chi connectivity index (χ1v) is 16.2. The summed E-state index contributed by atoms with van der Waals surface area (Å²) in [6, 6.07) is 8.66. The third-order valence-corrected chi connectivity index (χ3v) is 10.2. The average Bonchev–Trinajstić information content (AvgIpc) is 3.29. The summed E-state index contributed by atoms with van der Waals surface area (Å²) >= 11 is 0. The largest absolute Gasteiger partial charge is 0.495 e. The van der Waals surface area contributed by atoms with Gasteiger partial charge in [0.25, 0.3) is 0 Å². The summed E-state index contributed by atoms with van der Waals surface area (Å²) in [5, 5.41) is 3.66. The first-order valence-electron chi connectivity index (χ1n) is 16.2. The highest BCUT2D eigenvalue weighted by Gasteiger charge is 2.43. The van der Waals surface area contributed by atoms with Crippen LogP contribution in [-0.2, 0) is 11.2 Å². The van der Waals surface area contributed by atoms with E-state index in [0.29, 0.717) is 29.5 Å². The van der Waals surface area contributed by atoms with Crippen molar-refractivity contribution in [1.82, 2.24) is 24.8 Å². The number of aromatic nitrogens is 3. The van der Waals surface area contributed by atoms with Crippen molar-refractivity contribution < 1.29 is 9.47 Å². The number of rotatable bonds is 7. The molecule has 2 atom stereocenters. The summed E-state index contributed by atoms with van der Waals surface area (Å²) in [5.41, 5.74) is 11.8. The van der Waals surface area contributed by atoms with Crippen molar-refractivity contribution >= 4 is 28.4 Å². The van der Waals surface area contributed by atoms with Gasteiger partial charge in [-0.1, -0.05) is 13.0 Å². The molecule has 7 rings (SSSR count). The summed E-state index contributed by atoms with van der Waals surface area (Å²) in [7, 11) is 4.02. The number of hydrogen-bond donors (Lipinski definition) is 2. The zero-order chi connectivity index (χ0) is 29.5. The first kappa shape index (κ1) is 28.6. The topological polar surface area (TPSA) is 105 Å². The minimum atomic E-state index is 0.322. The highest BCUT2D eigenvalue weighted by Crippen LogP contribution is 2.43. The number of nitrogens with one attached hydrogen (secondary N) is 1. The second-order valence-corrected chi connectivity index (χ2v) is 12.8. The molecule has 10 nitrogen and oxygen atoms in total. The Balaban J connectivity index is 1.19. The van der Waals surface area contributed by atoms with Gasteiger partial charge in [-0.05, 0) is 82.8 Å². The third-order valence-electron chi connectivity index (χ3n) is 10.2. The Hall–Kier alpha value is -3.21. The Kier molecular flexibility index (Phi) is 8.00. The van der Waals surface area contributed by atoms with Crippen LogP contribution in [-0.4, -0.2) is 102 Å². The quantitative estimate of drug-likeness (QED) is 0.419. The molecule has 3 N–H and O–H groups in total. The number of benzene rings is 1. The zero-order valence-electron chi connectivity index (χ0n) is 25.9. The number of nitrogens with zero attached hydrogens (tertiary/aromatic N) is 6. The standard InChI is InChI=1S/C33H46N8O2/c1-4-27-33(36-22-11-15-43-16-12-22)38-30-26(18-35-32(34)31(30)37-27)21-5-8-28(29(17-21)42-3)41-24-6-7-25(41)20-40(19-24)23-9-13-39(2)14-10-23/h5,8,17-18,22-25H,4,6-7,9-16,19-20H2,1-3H3,(H2,34,35)(H,36,38). The number of likely N-dealkylation sites (tertiary alicyclic amines) is 2. The number of aryl methyl sites for hydroxylation is 1. The number of methoxy groups -OCH3 is 1. The minimum absolute atomic E-state index is 0.322. The fourth-order valence-electron chi connectivity index (χ4n) is 7.75. The molecular weight excluding hydrogens is 540 g/mol. The molecule has 4 saturated heterocycles. The van der Waals surface area contributed by atoms with Gasteiger partial charge in [0, 0.05) is 62.2 Å². The van der Waals surface area contributed by atoms with Gasteiger partial charge < -0.3 is 30.3 Å². The maximum atomic E-state index is 6.36. The minimum Gasteiger partial charge on any atom is -0.495 e. The molecule has 0 spiro atoms. The average molecular weight is 587 g/mol. The molecule has 6 heterocycles. The van der Waals surface area contributed by atoms with E-state index in [1.165, 1.54) is 44.5 Å². The van der Waals surface area contributed by atoms with Gasteiger partial charge in [-0.25, -0.2) is 15.0 Å². The second-order valence-electron chi connectivity index (χ2n) is 12.8. The molecule has 43 heavy (non-hydrogen) atoms. The van der Waals surface area contributed by atoms with E-state index < -0.39 is 0 Å². The maximum absolute atomic E-state index is 6.36. The summed E-state index contributed by atoms with van der Waals surface area (Å²) in [6.45, 7) is 8.33. The number of ether oxygens (including phenoxy) is 2. The van der Waals surface area contributed by atoms with E-state index in [-0.39, 0.29) is 0 Å². The second kappa shape index (κ2) is 12.1. The van der Waals surface area contributed by atoms with E-state index in [9.17, 15) is 0 Å². The van der Waals surface area contributed by atoms with Gasteiger partial charge in [-0.15, -0.1) is 0 Å². The lowest BCUT2D eigenvalue weighted by Crippen LogP contribution is -2.58. The molecule has 0 aliphatic carbocycles. The number of piperazine rings is 1. The fraction of sp³-hybridized carbons (Fsp3) is 0.606. The van der Waals surface area contributed by atoms with Crippen LogP contribution in [0.5, 0.6) is 5.75 Å². The van der Waals surface area contributed by atoms with Crippen LogP contribution in [0.3, 0.4) is 0 Å². The number of piperidine rings is 1. The number of fused-ring (bicyclic) bond motifs is 3. The number of nitrogens with two attached hydrogens (primary N) is 1. The summed E-state index contributed by atoms with van der Waals surface area (Å²) in [5.74, 6) is 2.13. The molecule has 0 radical (unpaired) electrons. The Morgan fingerprint density at radius 1 is 0.977 bits per heavy atom. The lowest BCUT2D eigenvalue weighted by Gasteiger charge is -2.47. The Morgan fingerprint density at radius 3 is 2.42 bits per heavy atom. The molecule has 2 bridgehead atoms. The predicted molar refractivity (Wildman–Crippen MR) is 172 cm³/mol. The van der Waals surface area contributed by atoms with Crippen LogP contribution >= 0.6 is 0 Å². The molecule has 3 aromatic rings. The summed E-state index contributed by atoms with van der Waals surface area (Å²) in [4.78, 5) is 22.5. The van der Waals surface area contributed by atoms with Crippen molar-refractivity contribution in [2.24, 2.45) is 0 Å². The fourth-order valence-corrected chi connectivity index (χ4v) is 7.75. The Labute approximate surface area is 255 Å². The van der Waals surface area contributed by atoms with E-state index in [0.717, 1.165) is 85.5 Å². The van der Waals surface area contributed by atoms with E-state index >= 15 is 0 Å². The highest BCUT2D eigenvalue weighted by molar-refractivity contribution is 5.97. The Bertz CT molecular complexity index is 1440. The molecule has 1 aromatic carbocycles. The normalized spacial score (nSPS) is 24.1. The highest BCUT2D eigenvalue weighted by atomic mass is 16.5. The van der Waals surface area contributed by atoms with Crippen LogP contribution in [0, 0.1) is 0 Å². The van der Waals surface area contributed by atoms with Crippen molar-refractivity contribution in [3.05, 3.63) is 30.1 Å². The molecule has 4 aliphatic rings. The van der Waals surface area contributed by atoms with Gasteiger partial charge >= 0.3 is 0 Å². The predicted octanol–water partition coefficient (Wildman–Crippen LogP) is 4.18. The molecule has 10 heteroatoms. The Morgan fingerprint density at radius 2 is 1.72 bits per heavy atom. The van der Waals surface area contributed by atoms with Gasteiger partial charge in [0.1, 0.15) is 22.6 Å². The van der Waals surface area contributed by atoms with Gasteiger partial charge in [0.2, 0.25) is 0 Å². The number of pyridine rings is 1. The molecule has 2 unspecified atom stereocenters. The van der Waals surface area contributed by atoms with Crippen molar-refractivity contribution in [3.8, 4) is 16.9 Å². The monoisotopic (exact) mass is 586 g/mol. The third kappa shape index (κ3) is 5.49. The van der Waals surface area contributed by atoms with E-state index in [4.69, 9.17) is 25.2 Å². The van der Waals surface area contributed by atoms with Gasteiger partial charge in [0.15, 0.2) is 5.82 Å². The lowest BCUT2D eigenvalue weighted by atomic mass is 10.00. The van der Waals surface area contributed by atoms with E-state index in [1.807, 2.05) is 6.20 Å². The van der Waals surface area contributed by atoms with Gasteiger partial charge in [-0.2, -0.15) is 0 Å². The SMILES string of the molecule is CCc1nc2c(N)ncc(-c3ccc(N4C5CCC4CN(C4CCN(C)CC4)C5)c(OC)c3)c2nc1NC1CCOCC1. The van der Waals surface area contributed by atoms with Crippen LogP contribution in [0.2, 0.25) is 0 Å². The van der Waals surface area contributed by atoms with Crippen molar-refractivity contribution in [2.45, 2.75) is 76.0 Å². The number of nitrogen functional groups attached to an aromatic ring is 1. The zero-order valence-corrected chi connectivity index (χ0v) is 25.9. The van der Waals surface area contributed by atoms with E-state index in [1.54, 1.807) is 7.11 Å². The van der Waals surface area contributed by atoms with E-state index in [2.05, 4.69) is 57.2 Å². The molecule has 230 valence electrons. The molecule has 4 aliphatic heterocycles. The van der Waals surface area contributed by atoms with Crippen molar-refractivity contribution in [2.75, 3.05) is 69.5 Å². The van der Waals surface area contributed by atoms with Crippen LogP contribution in [0.15, 0.2) is 24.4 Å². The van der Waals surface area contributed by atoms with Crippen LogP contribution < -0.4 is 20.7 Å². The lowest BCUT2D eigenvalue weighted by molar-refractivity contribution is 0.0903. The van der Waals surface area contributed by atoms with Crippen molar-refractivity contribution in [3.63, 3.8) is 0 Å². The molecular formula is C33H46N8O2. The van der Waals surface area contributed by atoms with Crippen LogP contribution in [0.4, 0.5) is 17.3 Å². The molecule has 0 saturated carbocycles. The van der Waals surface area contributed by atoms with Gasteiger partial charge in [0.05, 0.1) is 18.5 Å². The summed E-state index contributed by atoms with van der Waals surface area (Å²) in [6.07, 6.45) is 9.55. The number of anilines is 3. The molecule has 0 amide bonds. The molecule has 4 fully saturated rings.